The first-order chi connectivity index (χ1) is 9.94. The molecule has 0 spiro atoms. The van der Waals surface area contributed by atoms with E-state index in [2.05, 4.69) is 21.4 Å². The van der Waals surface area contributed by atoms with Gasteiger partial charge in [-0.05, 0) is 58.3 Å². The molecule has 1 aromatic carbocycles. The van der Waals surface area contributed by atoms with Crippen LogP contribution in [0.1, 0.15) is 5.56 Å². The van der Waals surface area contributed by atoms with Crippen LogP contribution in [0.15, 0.2) is 41.4 Å². The lowest BCUT2D eigenvalue weighted by atomic mass is 10.1. The number of rotatable bonds is 4. The Hall–Kier alpha value is -0.950. The van der Waals surface area contributed by atoms with Crippen LogP contribution >= 0.6 is 51.3 Å². The van der Waals surface area contributed by atoms with E-state index < -0.39 is 0 Å². The largest absolute Gasteiger partial charge is 0.375 e. The minimum Gasteiger partial charge on any atom is -0.375 e. The van der Waals surface area contributed by atoms with Crippen molar-refractivity contribution in [3.8, 4) is 0 Å². The fourth-order valence-electron chi connectivity index (χ4n) is 1.84. The van der Waals surface area contributed by atoms with Gasteiger partial charge in [-0.25, -0.2) is 0 Å². The van der Waals surface area contributed by atoms with Gasteiger partial charge in [-0.1, -0.05) is 23.2 Å². The van der Waals surface area contributed by atoms with E-state index in [0.29, 0.717) is 10.0 Å². The number of nitrogens with one attached hydrogen (secondary N) is 1. The number of benzene rings is 1. The Kier molecular flexibility index (Phi) is 5.75. The number of halogens is 3. The molecule has 21 heavy (non-hydrogen) atoms. The smallest absolute Gasteiger partial charge is 0.183 e. The van der Waals surface area contributed by atoms with Crippen molar-refractivity contribution >= 4 is 56.5 Å². The summed E-state index contributed by atoms with van der Waals surface area (Å²) >= 11 is 20.3. The molecule has 0 amide bonds. The highest BCUT2D eigenvalue weighted by atomic mass is 79.9. The third kappa shape index (κ3) is 5.07. The van der Waals surface area contributed by atoms with Crippen molar-refractivity contribution in [2.45, 2.75) is 6.42 Å². The first-order valence-corrected chi connectivity index (χ1v) is 8.01. The van der Waals surface area contributed by atoms with E-state index in [1.165, 1.54) is 0 Å². The number of thiocarbonyl (C=S) groups is 1. The maximum atomic E-state index is 6.00. The average Bonchev–Trinajstić information content (AvgIpc) is 2.36. The summed E-state index contributed by atoms with van der Waals surface area (Å²) in [5.41, 5.74) is 9.33. The Labute approximate surface area is 147 Å². The zero-order chi connectivity index (χ0) is 15.4. The molecule has 0 unspecified atom stereocenters. The van der Waals surface area contributed by atoms with Gasteiger partial charge in [0.25, 0.3) is 0 Å². The summed E-state index contributed by atoms with van der Waals surface area (Å²) in [6.07, 6.45) is 6.40. The number of hydrogen-bond acceptors (Lipinski definition) is 3. The van der Waals surface area contributed by atoms with Crippen LogP contribution in [0.5, 0.6) is 0 Å². The predicted octanol–water partition coefficient (Wildman–Crippen LogP) is 3.57. The highest BCUT2D eigenvalue weighted by Crippen LogP contribution is 2.22. The number of hydrogen-bond donors (Lipinski definition) is 2. The fraction of sp³-hybridized carbons (Fsp3) is 0.154. The van der Waals surface area contributed by atoms with Crippen molar-refractivity contribution in [2.75, 3.05) is 6.54 Å². The molecule has 112 valence electrons. The highest BCUT2D eigenvalue weighted by molar-refractivity contribution is 9.11. The molecule has 0 aromatic heterocycles. The molecule has 1 aliphatic heterocycles. The zero-order valence-electron chi connectivity index (χ0n) is 10.9. The second-order valence-corrected chi connectivity index (χ2v) is 6.48. The van der Waals surface area contributed by atoms with E-state index in [4.69, 9.17) is 41.2 Å². The lowest BCUT2D eigenvalue weighted by Crippen LogP contribution is -2.40. The van der Waals surface area contributed by atoms with Crippen molar-refractivity contribution < 1.29 is 0 Å². The quantitative estimate of drug-likeness (QED) is 0.590. The van der Waals surface area contributed by atoms with Crippen molar-refractivity contribution in [3.05, 3.63) is 57.0 Å². The van der Waals surface area contributed by atoms with Gasteiger partial charge in [0.15, 0.2) is 5.11 Å². The molecule has 0 saturated carbocycles. The van der Waals surface area contributed by atoms with Crippen LogP contribution in [0.3, 0.4) is 0 Å². The second kappa shape index (κ2) is 7.35. The van der Waals surface area contributed by atoms with Crippen LogP contribution in [0.2, 0.25) is 10.0 Å². The normalized spacial score (nSPS) is 14.1. The maximum absolute atomic E-state index is 6.00. The van der Waals surface area contributed by atoms with Crippen LogP contribution in [-0.2, 0) is 6.42 Å². The van der Waals surface area contributed by atoms with E-state index in [1.54, 1.807) is 11.1 Å². The van der Waals surface area contributed by atoms with Crippen molar-refractivity contribution in [1.29, 1.82) is 0 Å². The van der Waals surface area contributed by atoms with Crippen molar-refractivity contribution in [3.63, 3.8) is 0 Å². The van der Waals surface area contributed by atoms with Gasteiger partial charge in [0, 0.05) is 29.0 Å². The molecule has 1 aliphatic rings. The minimum absolute atomic E-state index is 0.207. The summed E-state index contributed by atoms with van der Waals surface area (Å²) in [6.45, 7) is 0.783. The van der Waals surface area contributed by atoms with Gasteiger partial charge in [-0.3, -0.25) is 10.4 Å². The first kappa shape index (κ1) is 16.4. The molecular formula is C13H13BrCl2N4S. The Bertz CT molecular complexity index is 586. The molecule has 0 fully saturated rings. The fourth-order valence-corrected chi connectivity index (χ4v) is 3.03. The molecule has 2 rings (SSSR count). The molecule has 8 heteroatoms. The SMILES string of the molecule is NC(=S)NN1C=CN(CCc2cc(Cl)cc(Cl)c2)C(Br)=C1. The summed E-state index contributed by atoms with van der Waals surface area (Å²) in [4.78, 5) is 2.05. The molecule has 0 saturated heterocycles. The van der Waals surface area contributed by atoms with Gasteiger partial charge in [0.1, 0.15) is 4.61 Å². The van der Waals surface area contributed by atoms with E-state index in [1.807, 2.05) is 35.6 Å². The van der Waals surface area contributed by atoms with Gasteiger partial charge in [-0.2, -0.15) is 0 Å². The summed E-state index contributed by atoms with van der Waals surface area (Å²) in [6, 6.07) is 5.56. The van der Waals surface area contributed by atoms with E-state index >= 15 is 0 Å². The molecular weight excluding hydrogens is 395 g/mol. The van der Waals surface area contributed by atoms with Crippen LogP contribution < -0.4 is 11.2 Å². The number of hydrazine groups is 1. The van der Waals surface area contributed by atoms with E-state index in [9.17, 15) is 0 Å². The van der Waals surface area contributed by atoms with Gasteiger partial charge in [0.2, 0.25) is 0 Å². The van der Waals surface area contributed by atoms with Crippen molar-refractivity contribution in [2.24, 2.45) is 5.73 Å². The third-order valence-electron chi connectivity index (χ3n) is 2.73. The van der Waals surface area contributed by atoms with Crippen LogP contribution in [-0.4, -0.2) is 21.6 Å². The lowest BCUT2D eigenvalue weighted by Gasteiger charge is -2.28. The van der Waals surface area contributed by atoms with E-state index in [-0.39, 0.29) is 5.11 Å². The monoisotopic (exact) mass is 406 g/mol. The number of nitrogens with zero attached hydrogens (tertiary/aromatic N) is 2. The predicted molar refractivity (Wildman–Crippen MR) is 94.8 cm³/mol. The molecule has 0 atom stereocenters. The molecule has 1 heterocycles. The minimum atomic E-state index is 0.207. The molecule has 0 radical (unpaired) electrons. The van der Waals surface area contributed by atoms with Crippen LogP contribution in [0.4, 0.5) is 0 Å². The topological polar surface area (TPSA) is 44.5 Å². The average molecular weight is 408 g/mol. The summed E-state index contributed by atoms with van der Waals surface area (Å²) in [5.74, 6) is 0. The number of nitrogens with two attached hydrogens (primary N) is 1. The Balaban J connectivity index is 1.95. The standard InChI is InChI=1S/C13H13BrCl2N4S/c14-12-8-20(18-13(17)21)4-3-19(12)2-1-9-5-10(15)7-11(16)6-9/h3-8H,1-2H2,(H3,17,18,21). The molecule has 1 aromatic rings. The summed E-state index contributed by atoms with van der Waals surface area (Å²) < 4.78 is 0.891. The Morgan fingerprint density at radius 1 is 1.24 bits per heavy atom. The Morgan fingerprint density at radius 3 is 2.48 bits per heavy atom. The third-order valence-corrected chi connectivity index (χ3v) is 3.92. The zero-order valence-corrected chi connectivity index (χ0v) is 14.8. The van der Waals surface area contributed by atoms with Gasteiger partial charge in [-0.15, -0.1) is 0 Å². The molecule has 3 N–H and O–H groups in total. The summed E-state index contributed by atoms with van der Waals surface area (Å²) in [7, 11) is 0. The summed E-state index contributed by atoms with van der Waals surface area (Å²) in [5, 5.41) is 3.18. The molecule has 0 aliphatic carbocycles. The van der Waals surface area contributed by atoms with Crippen LogP contribution in [0, 0.1) is 0 Å². The lowest BCUT2D eigenvalue weighted by molar-refractivity contribution is 0.391. The second-order valence-electron chi connectivity index (χ2n) is 4.35. The Morgan fingerprint density at radius 2 is 1.90 bits per heavy atom. The maximum Gasteiger partial charge on any atom is 0.183 e. The van der Waals surface area contributed by atoms with Gasteiger partial charge in [0.05, 0.1) is 6.20 Å². The van der Waals surface area contributed by atoms with Crippen molar-refractivity contribution in [1.82, 2.24) is 15.3 Å². The first-order valence-electron chi connectivity index (χ1n) is 6.06. The van der Waals surface area contributed by atoms with Crippen LogP contribution in [0.25, 0.3) is 0 Å². The van der Waals surface area contributed by atoms with Gasteiger partial charge >= 0.3 is 0 Å². The molecule has 0 bridgehead atoms. The molecule has 4 nitrogen and oxygen atoms in total. The highest BCUT2D eigenvalue weighted by Gasteiger charge is 2.11. The van der Waals surface area contributed by atoms with E-state index in [0.717, 1.165) is 23.1 Å². The van der Waals surface area contributed by atoms with Gasteiger partial charge < -0.3 is 10.6 Å².